The Kier molecular flexibility index (Phi) is 7.43. The number of carbonyl (C=O) groups is 1. The smallest absolute Gasteiger partial charge is 0.243 e. The third-order valence-electron chi connectivity index (χ3n) is 4.41. The Morgan fingerprint density at radius 2 is 2.07 bits per heavy atom. The largest absolute Gasteiger partial charge is 0.396 e. The van der Waals surface area contributed by atoms with Gasteiger partial charge in [-0.3, -0.25) is 9.79 Å². The summed E-state index contributed by atoms with van der Waals surface area (Å²) in [5.41, 5.74) is -0.655. The van der Waals surface area contributed by atoms with Crippen LogP contribution < -0.4 is 16.0 Å². The second kappa shape index (κ2) is 9.56. The van der Waals surface area contributed by atoms with Crippen LogP contribution in [0.4, 0.5) is 18.9 Å². The van der Waals surface area contributed by atoms with Crippen LogP contribution in [0.5, 0.6) is 0 Å². The fourth-order valence-corrected chi connectivity index (χ4v) is 2.78. The lowest BCUT2D eigenvalue weighted by molar-refractivity contribution is -0.115. The third kappa shape index (κ3) is 5.57. The normalized spacial score (nSPS) is 19.8. The van der Waals surface area contributed by atoms with E-state index < -0.39 is 29.0 Å². The summed E-state index contributed by atoms with van der Waals surface area (Å²) in [7, 11) is 1.52. The number of aliphatic imine (C=N–C) groups is 1. The van der Waals surface area contributed by atoms with Crippen molar-refractivity contribution in [3.05, 3.63) is 29.6 Å². The molecule has 7 nitrogen and oxygen atoms in total. The van der Waals surface area contributed by atoms with Crippen LogP contribution in [0.3, 0.4) is 0 Å². The van der Waals surface area contributed by atoms with Crippen molar-refractivity contribution in [1.29, 1.82) is 0 Å². The molecule has 1 fully saturated rings. The number of aliphatic hydroxyl groups is 1. The molecule has 1 heterocycles. The average molecular weight is 388 g/mol. The predicted octanol–water partition coefficient (Wildman–Crippen LogP) is 0.996. The van der Waals surface area contributed by atoms with Gasteiger partial charge in [0.2, 0.25) is 5.91 Å². The van der Waals surface area contributed by atoms with Crippen LogP contribution >= 0.6 is 0 Å². The molecule has 0 bridgehead atoms. The summed E-state index contributed by atoms with van der Waals surface area (Å²) in [5, 5.41) is 17.2. The van der Waals surface area contributed by atoms with Gasteiger partial charge in [-0.25, -0.2) is 13.2 Å². The van der Waals surface area contributed by atoms with E-state index in [4.69, 9.17) is 4.74 Å². The van der Waals surface area contributed by atoms with Gasteiger partial charge < -0.3 is 25.8 Å². The molecule has 150 valence electrons. The summed E-state index contributed by atoms with van der Waals surface area (Å²) in [5.74, 6) is -4.76. The highest BCUT2D eigenvalue weighted by Gasteiger charge is 2.34. The van der Waals surface area contributed by atoms with Crippen molar-refractivity contribution >= 4 is 17.6 Å². The summed E-state index contributed by atoms with van der Waals surface area (Å²) in [6, 6.07) is 1.67. The molecule has 1 atom stereocenters. The van der Waals surface area contributed by atoms with Gasteiger partial charge >= 0.3 is 0 Å². The zero-order valence-corrected chi connectivity index (χ0v) is 14.9. The van der Waals surface area contributed by atoms with E-state index in [-0.39, 0.29) is 18.6 Å². The van der Waals surface area contributed by atoms with Crippen LogP contribution in [0.1, 0.15) is 12.8 Å². The van der Waals surface area contributed by atoms with Gasteiger partial charge in [0.1, 0.15) is 0 Å². The van der Waals surface area contributed by atoms with Crippen LogP contribution in [-0.4, -0.2) is 56.9 Å². The van der Waals surface area contributed by atoms with E-state index in [1.807, 2.05) is 0 Å². The van der Waals surface area contributed by atoms with Gasteiger partial charge in [0.15, 0.2) is 23.4 Å². The highest BCUT2D eigenvalue weighted by molar-refractivity contribution is 5.95. The molecular weight excluding hydrogens is 365 g/mol. The van der Waals surface area contributed by atoms with Gasteiger partial charge in [0.25, 0.3) is 0 Å². The first-order valence-electron chi connectivity index (χ1n) is 8.47. The van der Waals surface area contributed by atoms with Crippen LogP contribution in [0.25, 0.3) is 0 Å². The zero-order chi connectivity index (χ0) is 19.9. The van der Waals surface area contributed by atoms with E-state index in [0.29, 0.717) is 32.1 Å². The second-order valence-electron chi connectivity index (χ2n) is 6.33. The first-order chi connectivity index (χ1) is 12.9. The number of hydrogen-bond acceptors (Lipinski definition) is 4. The first kappa shape index (κ1) is 21.0. The number of amides is 1. The number of benzene rings is 1. The highest BCUT2D eigenvalue weighted by atomic mass is 19.2. The molecule has 0 radical (unpaired) electrons. The lowest BCUT2D eigenvalue weighted by Gasteiger charge is -2.27. The Balaban J connectivity index is 1.85. The molecule has 27 heavy (non-hydrogen) atoms. The molecule has 1 amide bonds. The number of hydrogen-bond donors (Lipinski definition) is 4. The summed E-state index contributed by atoms with van der Waals surface area (Å²) < 4.78 is 45.1. The minimum atomic E-state index is -1.65. The second-order valence-corrected chi connectivity index (χ2v) is 6.33. The molecular formula is C17H23F3N4O3. The van der Waals surface area contributed by atoms with Crippen molar-refractivity contribution in [3.8, 4) is 0 Å². The molecule has 0 spiro atoms. The van der Waals surface area contributed by atoms with Crippen molar-refractivity contribution in [2.45, 2.75) is 12.8 Å². The Morgan fingerprint density at radius 3 is 2.70 bits per heavy atom. The van der Waals surface area contributed by atoms with Gasteiger partial charge in [0.05, 0.1) is 18.8 Å². The maximum atomic E-state index is 13.6. The zero-order valence-electron chi connectivity index (χ0n) is 14.9. The van der Waals surface area contributed by atoms with E-state index in [9.17, 15) is 23.1 Å². The van der Waals surface area contributed by atoms with Crippen molar-refractivity contribution in [3.63, 3.8) is 0 Å². The van der Waals surface area contributed by atoms with Gasteiger partial charge in [-0.2, -0.15) is 0 Å². The van der Waals surface area contributed by atoms with Crippen molar-refractivity contribution in [2.75, 3.05) is 45.3 Å². The minimum absolute atomic E-state index is 0.0409. The lowest BCUT2D eigenvalue weighted by Crippen LogP contribution is -2.46. The monoisotopic (exact) mass is 388 g/mol. The Morgan fingerprint density at radius 1 is 1.30 bits per heavy atom. The van der Waals surface area contributed by atoms with Crippen LogP contribution in [-0.2, 0) is 9.53 Å². The molecule has 1 saturated heterocycles. The summed E-state index contributed by atoms with van der Waals surface area (Å²) >= 11 is 0. The SMILES string of the molecule is CN=C(NCC(=O)Nc1ccc(F)c(F)c1F)NCC1(CCO)CCOC1. The van der Waals surface area contributed by atoms with E-state index >= 15 is 0 Å². The third-order valence-corrected chi connectivity index (χ3v) is 4.41. The number of guanidine groups is 1. The fourth-order valence-electron chi connectivity index (χ4n) is 2.78. The molecule has 1 unspecified atom stereocenters. The number of ether oxygens (including phenoxy) is 1. The van der Waals surface area contributed by atoms with Gasteiger partial charge in [-0.05, 0) is 25.0 Å². The highest BCUT2D eigenvalue weighted by Crippen LogP contribution is 2.31. The van der Waals surface area contributed by atoms with Crippen molar-refractivity contribution in [1.82, 2.24) is 10.6 Å². The molecule has 1 aliphatic rings. The summed E-state index contributed by atoms with van der Waals surface area (Å²) in [4.78, 5) is 15.9. The Bertz CT molecular complexity index is 694. The maximum Gasteiger partial charge on any atom is 0.243 e. The Labute approximate surface area is 155 Å². The standard InChI is InChI=1S/C17H23F3N4O3/c1-21-16(23-9-17(4-6-25)5-7-27-10-17)22-8-13(26)24-12-3-2-11(18)14(19)15(12)20/h2-3,25H,4-10H2,1H3,(H,24,26)(H2,21,22,23). The van der Waals surface area contributed by atoms with E-state index in [1.54, 1.807) is 0 Å². The van der Waals surface area contributed by atoms with E-state index in [1.165, 1.54) is 7.05 Å². The Hall–Kier alpha value is -2.33. The summed E-state index contributed by atoms with van der Waals surface area (Å²) in [6.07, 6.45) is 1.38. The number of halogens is 3. The number of nitrogens with zero attached hydrogens (tertiary/aromatic N) is 1. The molecule has 0 aromatic heterocycles. The predicted molar refractivity (Wildman–Crippen MR) is 93.9 cm³/mol. The number of carbonyl (C=O) groups excluding carboxylic acids is 1. The molecule has 10 heteroatoms. The number of aliphatic hydroxyl groups excluding tert-OH is 1. The molecule has 1 aromatic carbocycles. The topological polar surface area (TPSA) is 95.0 Å². The number of rotatable bonds is 7. The van der Waals surface area contributed by atoms with Crippen molar-refractivity contribution < 1.29 is 27.8 Å². The van der Waals surface area contributed by atoms with E-state index in [2.05, 4.69) is 20.9 Å². The fraction of sp³-hybridized carbons (Fsp3) is 0.529. The van der Waals surface area contributed by atoms with Crippen LogP contribution in [0.15, 0.2) is 17.1 Å². The quantitative estimate of drug-likeness (QED) is 0.318. The summed E-state index contributed by atoms with van der Waals surface area (Å²) in [6.45, 7) is 1.41. The molecule has 1 aliphatic heterocycles. The van der Waals surface area contributed by atoms with Crippen LogP contribution in [0, 0.1) is 22.9 Å². The number of anilines is 1. The number of nitrogens with one attached hydrogen (secondary N) is 3. The minimum Gasteiger partial charge on any atom is -0.396 e. The lowest BCUT2D eigenvalue weighted by atomic mass is 9.84. The molecule has 0 saturated carbocycles. The average Bonchev–Trinajstić information content (AvgIpc) is 3.11. The molecule has 1 aromatic rings. The van der Waals surface area contributed by atoms with Crippen LogP contribution in [0.2, 0.25) is 0 Å². The van der Waals surface area contributed by atoms with E-state index in [0.717, 1.165) is 18.6 Å². The van der Waals surface area contributed by atoms with Crippen molar-refractivity contribution in [2.24, 2.45) is 10.4 Å². The first-order valence-corrected chi connectivity index (χ1v) is 8.47. The van der Waals surface area contributed by atoms with Gasteiger partial charge in [-0.1, -0.05) is 0 Å². The molecule has 2 rings (SSSR count). The molecule has 4 N–H and O–H groups in total. The van der Waals surface area contributed by atoms with Gasteiger partial charge in [-0.15, -0.1) is 0 Å². The van der Waals surface area contributed by atoms with Gasteiger partial charge in [0, 0.05) is 32.2 Å². The maximum absolute atomic E-state index is 13.6. The molecule has 0 aliphatic carbocycles.